The van der Waals surface area contributed by atoms with Crippen LogP contribution in [0.5, 0.6) is 5.75 Å². The van der Waals surface area contributed by atoms with Gasteiger partial charge in [0, 0.05) is 18.7 Å². The van der Waals surface area contributed by atoms with E-state index < -0.39 is 6.10 Å². The Morgan fingerprint density at radius 2 is 2.10 bits per heavy atom. The molecule has 1 atom stereocenters. The number of nitrogens with one attached hydrogen (secondary N) is 1. The number of ether oxygens (including phenoxy) is 2. The quantitative estimate of drug-likeness (QED) is 0.646. The van der Waals surface area contributed by atoms with Crippen LogP contribution in [0, 0.1) is 5.82 Å². The molecule has 0 saturated heterocycles. The minimum atomic E-state index is -0.684. The van der Waals surface area contributed by atoms with Gasteiger partial charge in [-0.25, -0.2) is 4.39 Å². The molecule has 0 aliphatic heterocycles. The molecule has 0 amide bonds. The lowest BCUT2D eigenvalue weighted by atomic mass is 10.2. The second-order valence-electron chi connectivity index (χ2n) is 4.55. The molecular weight excluding hydrogens is 261 g/mol. The first-order valence-electron chi connectivity index (χ1n) is 7.05. The van der Waals surface area contributed by atoms with E-state index in [2.05, 4.69) is 12.2 Å². The van der Waals surface area contributed by atoms with Gasteiger partial charge in [-0.05, 0) is 38.1 Å². The van der Waals surface area contributed by atoms with Crippen LogP contribution in [0.4, 0.5) is 4.39 Å². The molecule has 0 radical (unpaired) electrons. The number of halogens is 1. The van der Waals surface area contributed by atoms with Gasteiger partial charge in [0.25, 0.3) is 0 Å². The van der Waals surface area contributed by atoms with Crippen molar-refractivity contribution in [2.75, 3.05) is 26.4 Å². The monoisotopic (exact) mass is 285 g/mol. The number of rotatable bonds is 10. The maximum absolute atomic E-state index is 13.3. The molecule has 1 unspecified atom stereocenters. The van der Waals surface area contributed by atoms with Crippen LogP contribution in [-0.4, -0.2) is 37.6 Å². The third-order valence-corrected chi connectivity index (χ3v) is 2.71. The number of aliphatic hydroxyl groups excluding tert-OH is 1. The van der Waals surface area contributed by atoms with Crippen molar-refractivity contribution in [2.45, 2.75) is 32.9 Å². The first kappa shape index (κ1) is 16.9. The molecular formula is C15H24FNO3. The highest BCUT2D eigenvalue weighted by atomic mass is 19.1. The molecule has 1 rings (SSSR count). The van der Waals surface area contributed by atoms with Gasteiger partial charge in [-0.15, -0.1) is 0 Å². The molecule has 1 aromatic rings. The minimum Gasteiger partial charge on any atom is -0.490 e. The molecule has 114 valence electrons. The predicted molar refractivity (Wildman–Crippen MR) is 76.4 cm³/mol. The van der Waals surface area contributed by atoms with Crippen molar-refractivity contribution < 1.29 is 19.0 Å². The van der Waals surface area contributed by atoms with Gasteiger partial charge in [-0.1, -0.05) is 6.92 Å². The van der Waals surface area contributed by atoms with Crippen molar-refractivity contribution in [1.29, 1.82) is 0 Å². The van der Waals surface area contributed by atoms with Gasteiger partial charge >= 0.3 is 0 Å². The highest BCUT2D eigenvalue weighted by Gasteiger charge is 2.09. The maximum atomic E-state index is 13.3. The summed E-state index contributed by atoms with van der Waals surface area (Å²) in [4.78, 5) is 0. The van der Waals surface area contributed by atoms with Gasteiger partial charge < -0.3 is 19.9 Å². The molecule has 0 heterocycles. The minimum absolute atomic E-state index is 0.131. The normalized spacial score (nSPS) is 12.4. The Labute approximate surface area is 119 Å². The van der Waals surface area contributed by atoms with E-state index in [9.17, 15) is 9.50 Å². The fourth-order valence-corrected chi connectivity index (χ4v) is 1.71. The van der Waals surface area contributed by atoms with Crippen LogP contribution in [0.1, 0.15) is 25.8 Å². The summed E-state index contributed by atoms with van der Waals surface area (Å²) < 4.78 is 23.9. The topological polar surface area (TPSA) is 50.7 Å². The molecule has 0 fully saturated rings. The summed E-state index contributed by atoms with van der Waals surface area (Å²) in [6, 6.07) is 4.40. The van der Waals surface area contributed by atoms with Crippen LogP contribution in [0.25, 0.3) is 0 Å². The average molecular weight is 285 g/mol. The van der Waals surface area contributed by atoms with Crippen molar-refractivity contribution in [1.82, 2.24) is 5.32 Å². The van der Waals surface area contributed by atoms with E-state index >= 15 is 0 Å². The Morgan fingerprint density at radius 3 is 2.80 bits per heavy atom. The highest BCUT2D eigenvalue weighted by molar-refractivity contribution is 5.34. The smallest absolute Gasteiger partial charge is 0.124 e. The fourth-order valence-electron chi connectivity index (χ4n) is 1.71. The molecule has 0 aliphatic carbocycles. The SMILES string of the molecule is CCCNCc1cc(F)ccc1OCC(O)COCC. The number of benzene rings is 1. The zero-order valence-corrected chi connectivity index (χ0v) is 12.2. The van der Waals surface area contributed by atoms with Crippen molar-refractivity contribution in [3.8, 4) is 5.75 Å². The molecule has 2 N–H and O–H groups in total. The first-order valence-corrected chi connectivity index (χ1v) is 7.05. The zero-order chi connectivity index (χ0) is 14.8. The van der Waals surface area contributed by atoms with Crippen LogP contribution in [0.3, 0.4) is 0 Å². The molecule has 5 heteroatoms. The van der Waals surface area contributed by atoms with E-state index in [0.717, 1.165) is 18.5 Å². The lowest BCUT2D eigenvalue weighted by Gasteiger charge is -2.15. The lowest BCUT2D eigenvalue weighted by Crippen LogP contribution is -2.24. The Hall–Kier alpha value is -1.17. The summed E-state index contributed by atoms with van der Waals surface area (Å²) in [5, 5.41) is 12.9. The zero-order valence-electron chi connectivity index (χ0n) is 12.2. The first-order chi connectivity index (χ1) is 9.67. The predicted octanol–water partition coefficient (Wildman–Crippen LogP) is 2.10. The van der Waals surface area contributed by atoms with E-state index in [-0.39, 0.29) is 19.0 Å². The van der Waals surface area contributed by atoms with Crippen LogP contribution < -0.4 is 10.1 Å². The maximum Gasteiger partial charge on any atom is 0.124 e. The van der Waals surface area contributed by atoms with Crippen molar-refractivity contribution in [2.24, 2.45) is 0 Å². The van der Waals surface area contributed by atoms with E-state index in [1.54, 1.807) is 6.07 Å². The van der Waals surface area contributed by atoms with Gasteiger partial charge in [0.05, 0.1) is 6.61 Å². The molecule has 0 bridgehead atoms. The number of aliphatic hydroxyl groups is 1. The van der Waals surface area contributed by atoms with E-state index in [4.69, 9.17) is 9.47 Å². The van der Waals surface area contributed by atoms with Gasteiger partial charge in [0.1, 0.15) is 24.3 Å². The number of hydrogen-bond acceptors (Lipinski definition) is 4. The molecule has 0 saturated carbocycles. The van der Waals surface area contributed by atoms with Crippen molar-refractivity contribution in [3.05, 3.63) is 29.6 Å². The van der Waals surface area contributed by atoms with Crippen molar-refractivity contribution in [3.63, 3.8) is 0 Å². The Kier molecular flexibility index (Phi) is 8.18. The second kappa shape index (κ2) is 9.69. The van der Waals surface area contributed by atoms with E-state index in [1.165, 1.54) is 12.1 Å². The van der Waals surface area contributed by atoms with E-state index in [1.807, 2.05) is 6.92 Å². The summed E-state index contributed by atoms with van der Waals surface area (Å²) in [7, 11) is 0. The van der Waals surface area contributed by atoms with Gasteiger partial charge in [0.15, 0.2) is 0 Å². The third-order valence-electron chi connectivity index (χ3n) is 2.71. The fraction of sp³-hybridized carbons (Fsp3) is 0.600. The second-order valence-corrected chi connectivity index (χ2v) is 4.55. The third kappa shape index (κ3) is 6.32. The van der Waals surface area contributed by atoms with Crippen LogP contribution in [0.15, 0.2) is 18.2 Å². The standard InChI is InChI=1S/C15H24FNO3/c1-3-7-17-9-12-8-13(16)5-6-15(12)20-11-14(18)10-19-4-2/h5-6,8,14,17-18H,3-4,7,9-11H2,1-2H3. The summed E-state index contributed by atoms with van der Waals surface area (Å²) in [5.74, 6) is 0.297. The average Bonchev–Trinajstić information content (AvgIpc) is 2.44. The summed E-state index contributed by atoms with van der Waals surface area (Å²) in [6.07, 6.45) is 0.329. The molecule has 20 heavy (non-hydrogen) atoms. The van der Waals surface area contributed by atoms with Crippen LogP contribution in [0.2, 0.25) is 0 Å². The largest absolute Gasteiger partial charge is 0.490 e. The lowest BCUT2D eigenvalue weighted by molar-refractivity contribution is 0.0162. The van der Waals surface area contributed by atoms with Gasteiger partial charge in [-0.3, -0.25) is 0 Å². The summed E-state index contributed by atoms with van der Waals surface area (Å²) in [5.41, 5.74) is 0.752. The molecule has 0 aliphatic rings. The highest BCUT2D eigenvalue weighted by Crippen LogP contribution is 2.20. The van der Waals surface area contributed by atoms with E-state index in [0.29, 0.717) is 18.9 Å². The molecule has 0 aromatic heterocycles. The van der Waals surface area contributed by atoms with Gasteiger partial charge in [-0.2, -0.15) is 0 Å². The Balaban J connectivity index is 2.54. The summed E-state index contributed by atoms with van der Waals surface area (Å²) in [6.45, 7) is 6.27. The van der Waals surface area contributed by atoms with Crippen LogP contribution in [-0.2, 0) is 11.3 Å². The van der Waals surface area contributed by atoms with Crippen molar-refractivity contribution >= 4 is 0 Å². The van der Waals surface area contributed by atoms with Crippen LogP contribution >= 0.6 is 0 Å². The Morgan fingerprint density at radius 1 is 1.30 bits per heavy atom. The van der Waals surface area contributed by atoms with Gasteiger partial charge in [0.2, 0.25) is 0 Å². The molecule has 4 nitrogen and oxygen atoms in total. The molecule has 0 spiro atoms. The Bertz CT molecular complexity index is 387. The summed E-state index contributed by atoms with van der Waals surface area (Å²) >= 11 is 0. The molecule has 1 aromatic carbocycles. The number of hydrogen-bond donors (Lipinski definition) is 2.